The molecule has 8 atom stereocenters. The average molecular weight is 318 g/mol. The Balaban J connectivity index is 1.70. The van der Waals surface area contributed by atoms with Gasteiger partial charge in [0, 0.05) is 17.8 Å². The predicted molar refractivity (Wildman–Crippen MR) is 87.7 cm³/mol. The lowest BCUT2D eigenvalue weighted by atomic mass is 9.43. The van der Waals surface area contributed by atoms with Crippen molar-refractivity contribution in [2.75, 3.05) is 0 Å². The normalized spacial score (nSPS) is 55.7. The molecule has 23 heavy (non-hydrogen) atoms. The first-order chi connectivity index (χ1) is 10.9. The van der Waals surface area contributed by atoms with Crippen LogP contribution in [-0.4, -0.2) is 23.3 Å². The van der Waals surface area contributed by atoms with Gasteiger partial charge in [0.05, 0.1) is 6.10 Å². The summed E-state index contributed by atoms with van der Waals surface area (Å²) in [5.41, 5.74) is 0.0622. The fourth-order valence-corrected chi connectivity index (χ4v) is 7.30. The summed E-state index contributed by atoms with van der Waals surface area (Å²) < 4.78 is 0. The Hall–Kier alpha value is -0.700. The summed E-state index contributed by atoms with van der Waals surface area (Å²) in [6.45, 7) is 4.58. The summed E-state index contributed by atoms with van der Waals surface area (Å²) in [5.74, 6) is 2.54. The van der Waals surface area contributed by atoms with Crippen molar-refractivity contribution in [3.05, 3.63) is 0 Å². The molecule has 4 rings (SSSR count). The molecule has 0 heterocycles. The smallest absolute Gasteiger partial charge is 0.139 e. The number of fused-ring (bicyclic) bond motifs is 5. The summed E-state index contributed by atoms with van der Waals surface area (Å²) in [6, 6.07) is 0. The first-order valence-corrected chi connectivity index (χ1v) is 9.57. The molecule has 4 fully saturated rings. The molecular weight excluding hydrogens is 288 g/mol. The molecule has 0 amide bonds. The Kier molecular flexibility index (Phi) is 3.54. The molecule has 4 saturated carbocycles. The fourth-order valence-electron chi connectivity index (χ4n) is 7.30. The van der Waals surface area contributed by atoms with E-state index in [-0.39, 0.29) is 22.9 Å². The molecule has 0 aromatic carbocycles. The highest BCUT2D eigenvalue weighted by Crippen LogP contribution is 2.66. The summed E-state index contributed by atoms with van der Waals surface area (Å²) in [6.07, 6.45) is 8.56. The molecule has 3 heteroatoms. The van der Waals surface area contributed by atoms with Gasteiger partial charge >= 0.3 is 0 Å². The maximum Gasteiger partial charge on any atom is 0.139 e. The molecular formula is C20H30O3. The van der Waals surface area contributed by atoms with Gasteiger partial charge in [0.2, 0.25) is 0 Å². The second kappa shape index (κ2) is 5.15. The van der Waals surface area contributed by atoms with E-state index in [4.69, 9.17) is 0 Å². The second-order valence-electron chi connectivity index (χ2n) is 9.37. The summed E-state index contributed by atoms with van der Waals surface area (Å²) in [7, 11) is 0. The number of aliphatic hydroxyl groups is 1. The number of Topliss-reactive ketones (excluding diaryl/α,β-unsaturated/α-hetero) is 1. The fraction of sp³-hybridized carbons (Fsp3) is 0.900. The van der Waals surface area contributed by atoms with Crippen molar-refractivity contribution in [3.63, 3.8) is 0 Å². The van der Waals surface area contributed by atoms with Crippen LogP contribution in [0, 0.1) is 40.4 Å². The van der Waals surface area contributed by atoms with Crippen LogP contribution in [0.5, 0.6) is 0 Å². The molecule has 1 N–H and O–H groups in total. The maximum atomic E-state index is 12.5. The van der Waals surface area contributed by atoms with Crippen LogP contribution in [0.2, 0.25) is 0 Å². The number of aliphatic hydroxyl groups excluding tert-OH is 1. The molecule has 0 saturated heterocycles. The third-order valence-electron chi connectivity index (χ3n) is 8.62. The van der Waals surface area contributed by atoms with Crippen molar-refractivity contribution < 1.29 is 14.7 Å². The van der Waals surface area contributed by atoms with E-state index in [9.17, 15) is 14.7 Å². The van der Waals surface area contributed by atoms with Gasteiger partial charge in [-0.25, -0.2) is 0 Å². The van der Waals surface area contributed by atoms with Crippen LogP contribution in [0.1, 0.15) is 65.2 Å². The Morgan fingerprint density at radius 1 is 1.04 bits per heavy atom. The highest BCUT2D eigenvalue weighted by atomic mass is 16.3. The first-order valence-electron chi connectivity index (χ1n) is 9.57. The largest absolute Gasteiger partial charge is 0.393 e. The quantitative estimate of drug-likeness (QED) is 0.754. The zero-order valence-corrected chi connectivity index (χ0v) is 14.5. The summed E-state index contributed by atoms with van der Waals surface area (Å²) in [5, 5.41) is 10.1. The second-order valence-corrected chi connectivity index (χ2v) is 9.37. The van der Waals surface area contributed by atoms with E-state index in [0.29, 0.717) is 29.5 Å². The Morgan fingerprint density at radius 2 is 1.83 bits per heavy atom. The molecule has 0 spiro atoms. The number of carbonyl (C=O) groups excluding carboxylic acids is 2. The van der Waals surface area contributed by atoms with Crippen molar-refractivity contribution in [2.45, 2.75) is 71.3 Å². The minimum Gasteiger partial charge on any atom is -0.393 e. The summed E-state index contributed by atoms with van der Waals surface area (Å²) in [4.78, 5) is 24.3. The van der Waals surface area contributed by atoms with Gasteiger partial charge in [-0.3, -0.25) is 4.79 Å². The van der Waals surface area contributed by atoms with Crippen LogP contribution >= 0.6 is 0 Å². The van der Waals surface area contributed by atoms with Crippen LogP contribution in [0.25, 0.3) is 0 Å². The van der Waals surface area contributed by atoms with E-state index in [1.807, 2.05) is 0 Å². The molecule has 1 unspecified atom stereocenters. The third kappa shape index (κ3) is 2.04. The van der Waals surface area contributed by atoms with E-state index < -0.39 is 0 Å². The predicted octanol–water partition coefficient (Wildman–Crippen LogP) is 3.38. The van der Waals surface area contributed by atoms with Crippen LogP contribution in [0.4, 0.5) is 0 Å². The highest BCUT2D eigenvalue weighted by molar-refractivity contribution is 5.87. The van der Waals surface area contributed by atoms with E-state index in [0.717, 1.165) is 51.4 Å². The van der Waals surface area contributed by atoms with Crippen molar-refractivity contribution in [2.24, 2.45) is 40.4 Å². The monoisotopic (exact) mass is 318 g/mol. The number of hydrogen-bond donors (Lipinski definition) is 1. The average Bonchev–Trinajstić information content (AvgIpc) is 2.83. The van der Waals surface area contributed by atoms with Gasteiger partial charge in [0.25, 0.3) is 0 Å². The van der Waals surface area contributed by atoms with Crippen LogP contribution in [0.15, 0.2) is 0 Å². The zero-order valence-electron chi connectivity index (χ0n) is 14.5. The SMILES string of the molecule is C[C@]12CC[C@H](O)C[C@@H]1C(C=O)C[C@@H]1[C@@H]2CC[C@]2(C)C(=O)CC[C@@H]12. The Labute approximate surface area is 139 Å². The minimum absolute atomic E-state index is 0.0780. The van der Waals surface area contributed by atoms with E-state index in [2.05, 4.69) is 13.8 Å². The van der Waals surface area contributed by atoms with E-state index in [1.54, 1.807) is 0 Å². The van der Waals surface area contributed by atoms with Gasteiger partial charge in [-0.1, -0.05) is 13.8 Å². The summed E-state index contributed by atoms with van der Waals surface area (Å²) >= 11 is 0. The zero-order chi connectivity index (χ0) is 16.4. The van der Waals surface area contributed by atoms with Gasteiger partial charge in [-0.05, 0) is 74.0 Å². The van der Waals surface area contributed by atoms with Crippen LogP contribution in [0.3, 0.4) is 0 Å². The van der Waals surface area contributed by atoms with Gasteiger partial charge in [-0.15, -0.1) is 0 Å². The molecule has 0 aromatic heterocycles. The minimum atomic E-state index is -0.228. The molecule has 128 valence electrons. The highest BCUT2D eigenvalue weighted by Gasteiger charge is 2.62. The van der Waals surface area contributed by atoms with Crippen LogP contribution in [-0.2, 0) is 9.59 Å². The molecule has 4 aliphatic rings. The van der Waals surface area contributed by atoms with Gasteiger partial charge in [0.1, 0.15) is 12.1 Å². The van der Waals surface area contributed by atoms with Crippen molar-refractivity contribution >= 4 is 12.1 Å². The molecule has 3 nitrogen and oxygen atoms in total. The number of ketones is 1. The van der Waals surface area contributed by atoms with Crippen molar-refractivity contribution in [1.29, 1.82) is 0 Å². The van der Waals surface area contributed by atoms with Gasteiger partial charge in [-0.2, -0.15) is 0 Å². The molecule has 4 aliphatic carbocycles. The first kappa shape index (κ1) is 15.8. The van der Waals surface area contributed by atoms with Gasteiger partial charge < -0.3 is 9.90 Å². The number of aldehydes is 1. The Bertz CT molecular complexity index is 529. The maximum absolute atomic E-state index is 12.5. The molecule has 0 radical (unpaired) electrons. The van der Waals surface area contributed by atoms with Gasteiger partial charge in [0.15, 0.2) is 0 Å². The molecule has 0 aliphatic heterocycles. The lowest BCUT2D eigenvalue weighted by Gasteiger charge is -2.61. The lowest BCUT2D eigenvalue weighted by molar-refractivity contribution is -0.157. The number of hydrogen-bond acceptors (Lipinski definition) is 3. The molecule has 0 bridgehead atoms. The van der Waals surface area contributed by atoms with Crippen molar-refractivity contribution in [3.8, 4) is 0 Å². The number of rotatable bonds is 1. The van der Waals surface area contributed by atoms with E-state index in [1.165, 1.54) is 6.29 Å². The number of carbonyl (C=O) groups is 2. The third-order valence-corrected chi connectivity index (χ3v) is 8.62. The van der Waals surface area contributed by atoms with E-state index >= 15 is 0 Å². The topological polar surface area (TPSA) is 54.4 Å². The standard InChI is InChI=1S/C20H30O3/c1-19-7-5-13(22)10-17(19)12(11-21)9-14-15-3-4-18(23)20(15,2)8-6-16(14)19/h11-17,22H,3-10H2,1-2H3/t12?,13-,14-,15-,16-,17+,19+,20-/m0/s1. The Morgan fingerprint density at radius 3 is 2.57 bits per heavy atom. The molecule has 0 aromatic rings. The van der Waals surface area contributed by atoms with Crippen LogP contribution < -0.4 is 0 Å². The van der Waals surface area contributed by atoms with Crippen molar-refractivity contribution in [1.82, 2.24) is 0 Å². The lowest BCUT2D eigenvalue weighted by Crippen LogP contribution is -2.57.